The van der Waals surface area contributed by atoms with Gasteiger partial charge in [0.15, 0.2) is 23.0 Å². The molecule has 2 N–H and O–H groups in total. The molecule has 4 aromatic rings. The fourth-order valence-electron chi connectivity index (χ4n) is 3.99. The molecule has 0 saturated carbocycles. The highest BCUT2D eigenvalue weighted by atomic mass is 16.7. The molecule has 0 aliphatic carbocycles. The second-order valence-electron chi connectivity index (χ2n) is 8.05. The zero-order valence-corrected chi connectivity index (χ0v) is 18.9. The van der Waals surface area contributed by atoms with E-state index >= 15 is 0 Å². The first-order valence-corrected chi connectivity index (χ1v) is 11.3. The fraction of sp³-hybridized carbons (Fsp3) is 0.111. The third-order valence-electron chi connectivity index (χ3n) is 5.67. The maximum absolute atomic E-state index is 13.2. The number of hydrogen-bond acceptors (Lipinski definition) is 7. The summed E-state index contributed by atoms with van der Waals surface area (Å²) in [7, 11) is 0. The van der Waals surface area contributed by atoms with Crippen LogP contribution in [0.15, 0.2) is 71.2 Å². The minimum Gasteiger partial charge on any atom is -0.486 e. The normalized spacial score (nSPS) is 13.7. The van der Waals surface area contributed by atoms with Crippen molar-refractivity contribution in [2.45, 2.75) is 0 Å². The Kier molecular flexibility index (Phi) is 5.42. The third kappa shape index (κ3) is 4.18. The van der Waals surface area contributed by atoms with Gasteiger partial charge in [-0.25, -0.2) is 0 Å². The van der Waals surface area contributed by atoms with Crippen LogP contribution in [0.2, 0.25) is 0 Å². The van der Waals surface area contributed by atoms with Gasteiger partial charge in [0.05, 0.1) is 0 Å². The molecule has 0 bridgehead atoms. The van der Waals surface area contributed by atoms with Gasteiger partial charge in [0, 0.05) is 23.2 Å². The number of ether oxygens (including phenoxy) is 4. The molecule has 0 unspecified atom stereocenters. The van der Waals surface area contributed by atoms with Crippen molar-refractivity contribution in [3.63, 3.8) is 0 Å². The molecule has 1 aromatic heterocycles. The van der Waals surface area contributed by atoms with Crippen LogP contribution in [0.3, 0.4) is 0 Å². The van der Waals surface area contributed by atoms with Crippen LogP contribution in [0.4, 0.5) is 11.4 Å². The SMILES string of the molecule is O=C(C=Cc1ccc2c(c1)OCO2)Nc1c(C(=O)Nc2ccc3c(c2)OCCO3)oc2ccccc12. The molecule has 9 heteroatoms. The van der Waals surface area contributed by atoms with Crippen molar-refractivity contribution < 1.29 is 33.0 Å². The van der Waals surface area contributed by atoms with E-state index in [0.717, 1.165) is 5.56 Å². The summed E-state index contributed by atoms with van der Waals surface area (Å²) in [6.07, 6.45) is 3.02. The first-order valence-electron chi connectivity index (χ1n) is 11.3. The predicted octanol–water partition coefficient (Wildman–Crippen LogP) is 4.84. The maximum Gasteiger partial charge on any atom is 0.293 e. The summed E-state index contributed by atoms with van der Waals surface area (Å²) >= 11 is 0. The number of furan rings is 1. The van der Waals surface area contributed by atoms with Gasteiger partial charge in [0.1, 0.15) is 24.5 Å². The lowest BCUT2D eigenvalue weighted by Gasteiger charge is -2.18. The molecule has 0 spiro atoms. The number of fused-ring (bicyclic) bond motifs is 3. The van der Waals surface area contributed by atoms with Crippen LogP contribution in [-0.4, -0.2) is 31.8 Å². The Bertz CT molecular complexity index is 1520. The number of hydrogen-bond donors (Lipinski definition) is 2. The van der Waals surface area contributed by atoms with Gasteiger partial charge < -0.3 is 34.0 Å². The third-order valence-corrected chi connectivity index (χ3v) is 5.67. The molecule has 2 aliphatic rings. The van der Waals surface area contributed by atoms with Crippen molar-refractivity contribution >= 4 is 40.2 Å². The zero-order chi connectivity index (χ0) is 24.5. The van der Waals surface area contributed by atoms with Gasteiger partial charge in [0.2, 0.25) is 18.5 Å². The molecule has 9 nitrogen and oxygen atoms in total. The Labute approximate surface area is 205 Å². The maximum atomic E-state index is 13.2. The highest BCUT2D eigenvalue weighted by Crippen LogP contribution is 2.35. The van der Waals surface area contributed by atoms with E-state index in [4.69, 9.17) is 23.4 Å². The number of amides is 2. The number of carbonyl (C=O) groups is 2. The molecule has 180 valence electrons. The van der Waals surface area contributed by atoms with Crippen LogP contribution in [0.1, 0.15) is 16.1 Å². The number of para-hydroxylation sites is 1. The topological polar surface area (TPSA) is 108 Å². The van der Waals surface area contributed by atoms with Crippen molar-refractivity contribution in [2.24, 2.45) is 0 Å². The number of carbonyl (C=O) groups excluding carboxylic acids is 2. The Morgan fingerprint density at radius 3 is 2.44 bits per heavy atom. The van der Waals surface area contributed by atoms with E-state index in [1.807, 2.05) is 6.07 Å². The number of rotatable bonds is 5. The summed E-state index contributed by atoms with van der Waals surface area (Å²) in [5, 5.41) is 6.20. The van der Waals surface area contributed by atoms with Crippen molar-refractivity contribution in [1.29, 1.82) is 0 Å². The van der Waals surface area contributed by atoms with E-state index in [1.54, 1.807) is 60.7 Å². The molecule has 3 aromatic carbocycles. The summed E-state index contributed by atoms with van der Waals surface area (Å²) in [5.41, 5.74) is 2.02. The average molecular weight is 484 g/mol. The highest BCUT2D eigenvalue weighted by Gasteiger charge is 2.23. The van der Waals surface area contributed by atoms with Gasteiger partial charge in [-0.3, -0.25) is 9.59 Å². The summed E-state index contributed by atoms with van der Waals surface area (Å²) < 4.78 is 27.6. The van der Waals surface area contributed by atoms with Crippen molar-refractivity contribution in [3.05, 3.63) is 78.1 Å². The molecule has 0 fully saturated rings. The van der Waals surface area contributed by atoms with Gasteiger partial charge in [0.25, 0.3) is 5.91 Å². The van der Waals surface area contributed by atoms with E-state index < -0.39 is 11.8 Å². The molecular formula is C27H20N2O7. The molecule has 2 aliphatic heterocycles. The standard InChI is InChI=1S/C27H20N2O7/c30-24(10-6-16-5-8-21-22(13-16)35-15-34-21)29-25-18-3-1-2-4-19(18)36-26(25)27(31)28-17-7-9-20-23(14-17)33-12-11-32-20/h1-10,13-14H,11-12,15H2,(H,28,31)(H,29,30). The quantitative estimate of drug-likeness (QED) is 0.390. The van der Waals surface area contributed by atoms with Gasteiger partial charge in [-0.1, -0.05) is 18.2 Å². The monoisotopic (exact) mass is 484 g/mol. The molecule has 2 amide bonds. The molecule has 0 saturated heterocycles. The first kappa shape index (κ1) is 21.6. The lowest BCUT2D eigenvalue weighted by Crippen LogP contribution is -2.17. The Morgan fingerprint density at radius 2 is 1.53 bits per heavy atom. The summed E-state index contributed by atoms with van der Waals surface area (Å²) in [6, 6.07) is 17.6. The van der Waals surface area contributed by atoms with Crippen molar-refractivity contribution in [1.82, 2.24) is 0 Å². The average Bonchev–Trinajstić information content (AvgIpc) is 3.52. The lowest BCUT2D eigenvalue weighted by molar-refractivity contribution is -0.111. The number of nitrogens with one attached hydrogen (secondary N) is 2. The Balaban J connectivity index is 1.24. The van der Waals surface area contributed by atoms with Crippen LogP contribution in [0.5, 0.6) is 23.0 Å². The van der Waals surface area contributed by atoms with Crippen LogP contribution >= 0.6 is 0 Å². The zero-order valence-electron chi connectivity index (χ0n) is 18.9. The second kappa shape index (κ2) is 9.03. The Hall–Kier alpha value is -4.92. The highest BCUT2D eigenvalue weighted by molar-refractivity contribution is 6.16. The number of benzene rings is 3. The fourth-order valence-corrected chi connectivity index (χ4v) is 3.99. The smallest absolute Gasteiger partial charge is 0.293 e. The van der Waals surface area contributed by atoms with E-state index in [1.165, 1.54) is 6.08 Å². The van der Waals surface area contributed by atoms with E-state index in [9.17, 15) is 9.59 Å². The minimum atomic E-state index is -0.516. The molecule has 0 atom stereocenters. The molecular weight excluding hydrogens is 464 g/mol. The Morgan fingerprint density at radius 1 is 0.778 bits per heavy atom. The predicted molar refractivity (Wildman–Crippen MR) is 132 cm³/mol. The summed E-state index contributed by atoms with van der Waals surface area (Å²) in [4.78, 5) is 26.0. The minimum absolute atomic E-state index is 0.0177. The van der Waals surface area contributed by atoms with Crippen LogP contribution < -0.4 is 29.6 Å². The van der Waals surface area contributed by atoms with Crippen molar-refractivity contribution in [2.75, 3.05) is 30.6 Å². The van der Waals surface area contributed by atoms with Gasteiger partial charge in [-0.2, -0.15) is 0 Å². The molecule has 6 rings (SSSR count). The summed E-state index contributed by atoms with van der Waals surface area (Å²) in [5.74, 6) is 1.49. The molecule has 36 heavy (non-hydrogen) atoms. The van der Waals surface area contributed by atoms with E-state index in [-0.39, 0.29) is 18.2 Å². The summed E-state index contributed by atoms with van der Waals surface area (Å²) in [6.45, 7) is 1.08. The number of anilines is 2. The van der Waals surface area contributed by atoms with Crippen LogP contribution in [-0.2, 0) is 4.79 Å². The van der Waals surface area contributed by atoms with E-state index in [0.29, 0.717) is 52.9 Å². The first-order chi connectivity index (χ1) is 17.6. The van der Waals surface area contributed by atoms with Gasteiger partial charge in [-0.15, -0.1) is 0 Å². The van der Waals surface area contributed by atoms with Crippen molar-refractivity contribution in [3.8, 4) is 23.0 Å². The van der Waals surface area contributed by atoms with Crippen LogP contribution in [0, 0.1) is 0 Å². The van der Waals surface area contributed by atoms with Gasteiger partial charge >= 0.3 is 0 Å². The van der Waals surface area contributed by atoms with E-state index in [2.05, 4.69) is 10.6 Å². The van der Waals surface area contributed by atoms with Gasteiger partial charge in [-0.05, 0) is 48.0 Å². The molecule has 3 heterocycles. The van der Waals surface area contributed by atoms with Crippen LogP contribution in [0.25, 0.3) is 17.0 Å². The lowest BCUT2D eigenvalue weighted by atomic mass is 10.2. The molecule has 0 radical (unpaired) electrons. The largest absolute Gasteiger partial charge is 0.486 e. The second-order valence-corrected chi connectivity index (χ2v) is 8.05.